The highest BCUT2D eigenvalue weighted by Gasteiger charge is 2.28. The van der Waals surface area contributed by atoms with E-state index in [9.17, 15) is 14.4 Å². The molecule has 158 valence electrons. The van der Waals surface area contributed by atoms with Gasteiger partial charge in [0, 0.05) is 6.20 Å². The van der Waals surface area contributed by atoms with Crippen molar-refractivity contribution in [1.82, 2.24) is 9.78 Å². The lowest BCUT2D eigenvalue weighted by Crippen LogP contribution is -2.25. The Labute approximate surface area is 181 Å². The van der Waals surface area contributed by atoms with Gasteiger partial charge in [0.1, 0.15) is 9.88 Å². The minimum absolute atomic E-state index is 0.189. The van der Waals surface area contributed by atoms with Crippen LogP contribution in [-0.4, -0.2) is 40.8 Å². The van der Waals surface area contributed by atoms with Gasteiger partial charge < -0.3 is 14.8 Å². The van der Waals surface area contributed by atoms with E-state index in [1.807, 2.05) is 6.92 Å². The van der Waals surface area contributed by atoms with Crippen LogP contribution < -0.4 is 5.32 Å². The van der Waals surface area contributed by atoms with E-state index in [0.717, 1.165) is 15.8 Å². The van der Waals surface area contributed by atoms with Gasteiger partial charge in [-0.2, -0.15) is 5.10 Å². The predicted octanol–water partition coefficient (Wildman–Crippen LogP) is 4.03. The second kappa shape index (κ2) is 10.5. The zero-order chi connectivity index (χ0) is 21.6. The topological polar surface area (TPSA) is 99.5 Å². The first-order valence-corrected chi connectivity index (χ1v) is 10.9. The average molecular weight is 486 g/mol. The highest BCUT2D eigenvalue weighted by molar-refractivity contribution is 9.10. The Morgan fingerprint density at radius 2 is 2.00 bits per heavy atom. The van der Waals surface area contributed by atoms with Gasteiger partial charge in [-0.3, -0.25) is 9.48 Å². The molecule has 10 heteroatoms. The van der Waals surface area contributed by atoms with E-state index in [2.05, 4.69) is 26.3 Å². The molecular weight excluding hydrogens is 462 g/mol. The maximum atomic E-state index is 12.7. The third-order valence-corrected chi connectivity index (χ3v) is 5.59. The van der Waals surface area contributed by atoms with Crippen molar-refractivity contribution in [3.8, 4) is 0 Å². The second-order valence-electron chi connectivity index (χ2n) is 6.39. The molecule has 0 aliphatic rings. The van der Waals surface area contributed by atoms with Crippen LogP contribution in [0.25, 0.3) is 0 Å². The van der Waals surface area contributed by atoms with Crippen LogP contribution in [0.1, 0.15) is 52.8 Å². The standard InChI is InChI=1S/C19H24BrN3O5S/c1-5-7-28-18(25)14-12(4)15(19(26)27-6-2)29-17(14)22-16(24)11(3)9-23-10-13(20)8-21-23/h8,10-11H,5-7,9H2,1-4H3,(H,22,24). The molecule has 0 radical (unpaired) electrons. The number of esters is 2. The van der Waals surface area contributed by atoms with E-state index in [0.29, 0.717) is 18.5 Å². The molecule has 0 saturated carbocycles. The molecular formula is C19H24BrN3O5S. The average Bonchev–Trinajstić information content (AvgIpc) is 3.22. The Hall–Kier alpha value is -2.20. The van der Waals surface area contributed by atoms with Crippen molar-refractivity contribution in [3.05, 3.63) is 32.9 Å². The molecule has 0 bridgehead atoms. The number of carbonyl (C=O) groups is 3. The number of aromatic nitrogens is 2. The molecule has 29 heavy (non-hydrogen) atoms. The lowest BCUT2D eigenvalue weighted by molar-refractivity contribution is -0.119. The lowest BCUT2D eigenvalue weighted by atomic mass is 10.1. The summed E-state index contributed by atoms with van der Waals surface area (Å²) in [4.78, 5) is 37.8. The summed E-state index contributed by atoms with van der Waals surface area (Å²) in [5.41, 5.74) is 0.627. The summed E-state index contributed by atoms with van der Waals surface area (Å²) < 4.78 is 12.8. The Morgan fingerprint density at radius 3 is 2.59 bits per heavy atom. The third-order valence-electron chi connectivity index (χ3n) is 4.00. The van der Waals surface area contributed by atoms with Crippen molar-refractivity contribution in [2.45, 2.75) is 40.7 Å². The van der Waals surface area contributed by atoms with Crippen molar-refractivity contribution in [2.24, 2.45) is 5.92 Å². The summed E-state index contributed by atoms with van der Waals surface area (Å²) in [7, 11) is 0. The number of carbonyl (C=O) groups excluding carboxylic acids is 3. The summed E-state index contributed by atoms with van der Waals surface area (Å²) in [5, 5.41) is 7.20. The second-order valence-corrected chi connectivity index (χ2v) is 8.32. The van der Waals surface area contributed by atoms with Gasteiger partial charge in [-0.05, 0) is 41.8 Å². The first-order valence-electron chi connectivity index (χ1n) is 9.24. The van der Waals surface area contributed by atoms with E-state index in [4.69, 9.17) is 9.47 Å². The number of nitrogens with one attached hydrogen (secondary N) is 1. The fraction of sp³-hybridized carbons (Fsp3) is 0.474. The Balaban J connectivity index is 2.26. The molecule has 2 aromatic heterocycles. The lowest BCUT2D eigenvalue weighted by Gasteiger charge is -2.12. The molecule has 0 saturated heterocycles. The van der Waals surface area contributed by atoms with Crippen LogP contribution in [0.5, 0.6) is 0 Å². The molecule has 2 rings (SSSR count). The van der Waals surface area contributed by atoms with E-state index in [-0.39, 0.29) is 34.6 Å². The van der Waals surface area contributed by atoms with Crippen LogP contribution in [-0.2, 0) is 20.8 Å². The largest absolute Gasteiger partial charge is 0.462 e. The predicted molar refractivity (Wildman–Crippen MR) is 113 cm³/mol. The van der Waals surface area contributed by atoms with Crippen LogP contribution in [0.2, 0.25) is 0 Å². The molecule has 0 aromatic carbocycles. The molecule has 2 aromatic rings. The minimum atomic E-state index is -0.574. The number of anilines is 1. The fourth-order valence-electron chi connectivity index (χ4n) is 2.54. The number of hydrogen-bond acceptors (Lipinski definition) is 7. The van der Waals surface area contributed by atoms with Gasteiger partial charge in [-0.25, -0.2) is 9.59 Å². The number of thiophene rings is 1. The van der Waals surface area contributed by atoms with E-state index >= 15 is 0 Å². The van der Waals surface area contributed by atoms with Gasteiger partial charge in [0.05, 0.1) is 41.9 Å². The van der Waals surface area contributed by atoms with Gasteiger partial charge in [-0.1, -0.05) is 13.8 Å². The Morgan fingerprint density at radius 1 is 1.28 bits per heavy atom. The molecule has 1 atom stereocenters. The molecule has 0 aliphatic heterocycles. The number of amides is 1. The number of nitrogens with zero attached hydrogens (tertiary/aromatic N) is 2. The van der Waals surface area contributed by atoms with E-state index in [1.54, 1.807) is 37.8 Å². The zero-order valence-electron chi connectivity index (χ0n) is 16.8. The number of hydrogen-bond donors (Lipinski definition) is 1. The minimum Gasteiger partial charge on any atom is -0.462 e. The summed E-state index contributed by atoms with van der Waals surface area (Å²) in [6.07, 6.45) is 4.07. The van der Waals surface area contributed by atoms with E-state index < -0.39 is 17.9 Å². The first kappa shape index (κ1) is 23.1. The van der Waals surface area contributed by atoms with Crippen molar-refractivity contribution in [3.63, 3.8) is 0 Å². The highest BCUT2D eigenvalue weighted by Crippen LogP contribution is 2.34. The van der Waals surface area contributed by atoms with Gasteiger partial charge in [0.25, 0.3) is 0 Å². The maximum Gasteiger partial charge on any atom is 0.348 e. The van der Waals surface area contributed by atoms with Gasteiger partial charge in [0.15, 0.2) is 0 Å². The van der Waals surface area contributed by atoms with Crippen molar-refractivity contribution < 1.29 is 23.9 Å². The third kappa shape index (κ3) is 5.89. The van der Waals surface area contributed by atoms with Crippen LogP contribution in [0, 0.1) is 12.8 Å². The van der Waals surface area contributed by atoms with Gasteiger partial charge >= 0.3 is 11.9 Å². The van der Waals surface area contributed by atoms with Crippen LogP contribution in [0.4, 0.5) is 5.00 Å². The molecule has 8 nitrogen and oxygen atoms in total. The molecule has 0 fully saturated rings. The molecule has 1 unspecified atom stereocenters. The summed E-state index contributed by atoms with van der Waals surface area (Å²) in [6.45, 7) is 7.82. The first-order chi connectivity index (χ1) is 13.8. The normalized spacial score (nSPS) is 11.8. The number of ether oxygens (including phenoxy) is 2. The summed E-state index contributed by atoms with van der Waals surface area (Å²) >= 11 is 4.33. The monoisotopic (exact) mass is 485 g/mol. The molecule has 1 N–H and O–H groups in total. The van der Waals surface area contributed by atoms with Crippen LogP contribution in [0.3, 0.4) is 0 Å². The zero-order valence-corrected chi connectivity index (χ0v) is 19.2. The number of rotatable bonds is 9. The summed E-state index contributed by atoms with van der Waals surface area (Å²) in [6, 6.07) is 0. The molecule has 2 heterocycles. The van der Waals surface area contributed by atoms with Crippen LogP contribution >= 0.6 is 27.3 Å². The van der Waals surface area contributed by atoms with Crippen LogP contribution in [0.15, 0.2) is 16.9 Å². The van der Waals surface area contributed by atoms with Crippen molar-refractivity contribution in [2.75, 3.05) is 18.5 Å². The SMILES string of the molecule is CCCOC(=O)c1c(NC(=O)C(C)Cn2cc(Br)cn2)sc(C(=O)OCC)c1C. The van der Waals surface area contributed by atoms with Crippen molar-refractivity contribution in [1.29, 1.82) is 0 Å². The maximum absolute atomic E-state index is 12.7. The van der Waals surface area contributed by atoms with Crippen molar-refractivity contribution >= 4 is 50.1 Å². The molecule has 0 aliphatic carbocycles. The Kier molecular flexibility index (Phi) is 8.39. The quantitative estimate of drug-likeness (QED) is 0.538. The fourth-order valence-corrected chi connectivity index (χ4v) is 3.96. The smallest absolute Gasteiger partial charge is 0.348 e. The highest BCUT2D eigenvalue weighted by atomic mass is 79.9. The number of halogens is 1. The van der Waals surface area contributed by atoms with E-state index in [1.165, 1.54) is 0 Å². The van der Waals surface area contributed by atoms with Gasteiger partial charge in [0.2, 0.25) is 5.91 Å². The Bertz CT molecular complexity index is 893. The molecule has 0 spiro atoms. The van der Waals surface area contributed by atoms with Gasteiger partial charge in [-0.15, -0.1) is 11.3 Å². The summed E-state index contributed by atoms with van der Waals surface area (Å²) in [5.74, 6) is -1.82. The molecule has 1 amide bonds.